The Hall–Kier alpha value is -2.28. The monoisotopic (exact) mass is 416 g/mol. The zero-order chi connectivity index (χ0) is 19.0. The molecule has 4 aromatic rings. The zero-order valence-electron chi connectivity index (χ0n) is 13.9. The topological polar surface area (TPSA) is 63.3 Å². The van der Waals surface area contributed by atoms with E-state index in [1.54, 1.807) is 12.1 Å². The van der Waals surface area contributed by atoms with Crippen LogP contribution >= 0.6 is 35.8 Å². The molecule has 0 spiro atoms. The SMILES string of the molecule is Oc1cc(C(S)c2cccc(Cl)c2Cl)nc2nc(Cc3ccccc3)nn12. The molecule has 2 aromatic heterocycles. The molecule has 1 N–H and O–H groups in total. The number of aromatic hydroxyl groups is 1. The molecule has 0 amide bonds. The van der Waals surface area contributed by atoms with Crippen LogP contribution in [0.1, 0.15) is 27.9 Å². The van der Waals surface area contributed by atoms with E-state index in [-0.39, 0.29) is 5.88 Å². The molecule has 1 unspecified atom stereocenters. The van der Waals surface area contributed by atoms with E-state index in [4.69, 9.17) is 23.2 Å². The van der Waals surface area contributed by atoms with Gasteiger partial charge in [-0.05, 0) is 17.2 Å². The van der Waals surface area contributed by atoms with Crippen LogP contribution in [0.25, 0.3) is 5.78 Å². The second kappa shape index (κ2) is 7.38. The number of nitrogens with zero attached hydrogens (tertiary/aromatic N) is 4. The number of hydrogen-bond donors (Lipinski definition) is 2. The van der Waals surface area contributed by atoms with Crippen LogP contribution in [0.3, 0.4) is 0 Å². The molecule has 0 saturated carbocycles. The normalized spacial score (nSPS) is 12.4. The minimum absolute atomic E-state index is 0.0704. The first kappa shape index (κ1) is 18.1. The van der Waals surface area contributed by atoms with Gasteiger partial charge in [-0.25, -0.2) is 4.98 Å². The molecule has 0 aliphatic rings. The fraction of sp³-hybridized carbons (Fsp3) is 0.105. The van der Waals surface area contributed by atoms with Crippen molar-refractivity contribution in [3.63, 3.8) is 0 Å². The van der Waals surface area contributed by atoms with E-state index >= 15 is 0 Å². The molecular formula is C19H14Cl2N4OS. The van der Waals surface area contributed by atoms with Gasteiger partial charge in [0.05, 0.1) is 21.0 Å². The molecule has 2 aromatic carbocycles. The number of halogens is 2. The first-order chi connectivity index (χ1) is 13.0. The number of rotatable bonds is 4. The molecule has 0 aliphatic heterocycles. The molecule has 27 heavy (non-hydrogen) atoms. The number of aromatic nitrogens is 4. The van der Waals surface area contributed by atoms with Crippen molar-refractivity contribution >= 4 is 41.6 Å². The smallest absolute Gasteiger partial charge is 0.255 e. The molecule has 4 rings (SSSR count). The highest BCUT2D eigenvalue weighted by molar-refractivity contribution is 7.80. The number of fused-ring (bicyclic) bond motifs is 1. The summed E-state index contributed by atoms with van der Waals surface area (Å²) >= 11 is 17.0. The summed E-state index contributed by atoms with van der Waals surface area (Å²) in [7, 11) is 0. The maximum atomic E-state index is 10.4. The summed E-state index contributed by atoms with van der Waals surface area (Å²) < 4.78 is 1.31. The van der Waals surface area contributed by atoms with Gasteiger partial charge in [0.2, 0.25) is 5.88 Å². The highest BCUT2D eigenvalue weighted by atomic mass is 35.5. The van der Waals surface area contributed by atoms with Crippen LogP contribution in [0.15, 0.2) is 54.6 Å². The Morgan fingerprint density at radius 2 is 1.81 bits per heavy atom. The lowest BCUT2D eigenvalue weighted by Gasteiger charge is -2.13. The highest BCUT2D eigenvalue weighted by Crippen LogP contribution is 2.36. The lowest BCUT2D eigenvalue weighted by Crippen LogP contribution is -2.02. The van der Waals surface area contributed by atoms with E-state index in [9.17, 15) is 5.11 Å². The van der Waals surface area contributed by atoms with Crippen molar-refractivity contribution in [2.45, 2.75) is 11.7 Å². The van der Waals surface area contributed by atoms with Crippen molar-refractivity contribution in [3.05, 3.63) is 87.3 Å². The Kier molecular flexibility index (Phi) is 4.95. The molecule has 5 nitrogen and oxygen atoms in total. The molecule has 8 heteroatoms. The molecule has 0 fully saturated rings. The van der Waals surface area contributed by atoms with E-state index in [1.807, 2.05) is 36.4 Å². The predicted octanol–water partition coefficient (Wildman–Crippen LogP) is 4.75. The minimum Gasteiger partial charge on any atom is -0.493 e. The summed E-state index contributed by atoms with van der Waals surface area (Å²) in [5.74, 6) is 0.796. The van der Waals surface area contributed by atoms with Crippen LogP contribution in [0.2, 0.25) is 10.0 Å². The summed E-state index contributed by atoms with van der Waals surface area (Å²) in [5.41, 5.74) is 2.28. The lowest BCUT2D eigenvalue weighted by molar-refractivity contribution is 0.433. The first-order valence-electron chi connectivity index (χ1n) is 8.14. The molecule has 1 atom stereocenters. The maximum absolute atomic E-state index is 10.4. The summed E-state index contributed by atoms with van der Waals surface area (Å²) in [6, 6.07) is 16.7. The van der Waals surface area contributed by atoms with Gasteiger partial charge >= 0.3 is 0 Å². The van der Waals surface area contributed by atoms with E-state index in [2.05, 4.69) is 27.7 Å². The Bertz CT molecular complexity index is 1120. The van der Waals surface area contributed by atoms with Crippen molar-refractivity contribution in [2.24, 2.45) is 0 Å². The van der Waals surface area contributed by atoms with Crippen molar-refractivity contribution in [2.75, 3.05) is 0 Å². The fourth-order valence-electron chi connectivity index (χ4n) is 2.80. The molecule has 0 radical (unpaired) electrons. The van der Waals surface area contributed by atoms with Crippen LogP contribution in [-0.4, -0.2) is 24.7 Å². The Balaban J connectivity index is 1.72. The third kappa shape index (κ3) is 3.60. The second-order valence-corrected chi connectivity index (χ2v) is 7.29. The van der Waals surface area contributed by atoms with Crippen molar-refractivity contribution < 1.29 is 5.11 Å². The van der Waals surface area contributed by atoms with Gasteiger partial charge < -0.3 is 5.11 Å². The average molecular weight is 417 g/mol. The molecule has 136 valence electrons. The summed E-state index contributed by atoms with van der Waals surface area (Å²) in [6.45, 7) is 0. The minimum atomic E-state index is -0.471. The number of benzene rings is 2. The molecule has 2 heterocycles. The van der Waals surface area contributed by atoms with Gasteiger partial charge in [0.15, 0.2) is 5.82 Å². The van der Waals surface area contributed by atoms with E-state index in [0.29, 0.717) is 39.3 Å². The van der Waals surface area contributed by atoms with Crippen LogP contribution in [0, 0.1) is 0 Å². The standard InChI is InChI=1S/C19H14Cl2N4OS/c20-13-8-4-7-12(17(13)21)18(27)14-10-16(26)25-19(22-14)23-15(24-25)9-11-5-2-1-3-6-11/h1-8,10,18,26-27H,9H2. The maximum Gasteiger partial charge on any atom is 0.255 e. The van der Waals surface area contributed by atoms with Gasteiger partial charge in [-0.1, -0.05) is 65.7 Å². The highest BCUT2D eigenvalue weighted by Gasteiger charge is 2.19. The molecular weight excluding hydrogens is 403 g/mol. The van der Waals surface area contributed by atoms with Crippen molar-refractivity contribution in [1.82, 2.24) is 19.6 Å². The van der Waals surface area contributed by atoms with E-state index in [1.165, 1.54) is 10.6 Å². The average Bonchev–Trinajstić information content (AvgIpc) is 3.07. The third-order valence-electron chi connectivity index (χ3n) is 4.12. The number of hydrogen-bond acceptors (Lipinski definition) is 5. The summed E-state index contributed by atoms with van der Waals surface area (Å²) in [6.07, 6.45) is 0.545. The second-order valence-electron chi connectivity index (χ2n) is 5.99. The summed E-state index contributed by atoms with van der Waals surface area (Å²) in [5, 5.41) is 15.1. The fourth-order valence-corrected chi connectivity index (χ4v) is 3.64. The van der Waals surface area contributed by atoms with Gasteiger partial charge in [0, 0.05) is 12.5 Å². The molecule has 0 saturated heterocycles. The van der Waals surface area contributed by atoms with Crippen molar-refractivity contribution in [3.8, 4) is 5.88 Å². The van der Waals surface area contributed by atoms with E-state index < -0.39 is 5.25 Å². The van der Waals surface area contributed by atoms with Crippen LogP contribution in [0.5, 0.6) is 5.88 Å². The Morgan fingerprint density at radius 1 is 1.04 bits per heavy atom. The van der Waals surface area contributed by atoms with Gasteiger partial charge in [0.1, 0.15) is 0 Å². The van der Waals surface area contributed by atoms with Crippen LogP contribution < -0.4 is 0 Å². The van der Waals surface area contributed by atoms with E-state index in [0.717, 1.165) is 5.56 Å². The quantitative estimate of drug-likeness (QED) is 0.471. The molecule has 0 aliphatic carbocycles. The van der Waals surface area contributed by atoms with Crippen LogP contribution in [0.4, 0.5) is 0 Å². The summed E-state index contributed by atoms with van der Waals surface area (Å²) in [4.78, 5) is 8.93. The van der Waals surface area contributed by atoms with Gasteiger partial charge in [-0.3, -0.25) is 0 Å². The van der Waals surface area contributed by atoms with Gasteiger partial charge in [-0.15, -0.1) is 5.10 Å². The molecule has 0 bridgehead atoms. The zero-order valence-corrected chi connectivity index (χ0v) is 16.3. The third-order valence-corrected chi connectivity index (χ3v) is 5.49. The largest absolute Gasteiger partial charge is 0.493 e. The van der Waals surface area contributed by atoms with Gasteiger partial charge in [0.25, 0.3) is 5.78 Å². The Labute approximate surface area is 171 Å². The van der Waals surface area contributed by atoms with Crippen molar-refractivity contribution in [1.29, 1.82) is 0 Å². The van der Waals surface area contributed by atoms with Gasteiger partial charge in [-0.2, -0.15) is 22.1 Å². The predicted molar refractivity (Wildman–Crippen MR) is 109 cm³/mol. The number of thiol groups is 1. The Morgan fingerprint density at radius 3 is 2.59 bits per heavy atom. The first-order valence-corrected chi connectivity index (χ1v) is 9.41. The van der Waals surface area contributed by atoms with Crippen LogP contribution in [-0.2, 0) is 6.42 Å². The lowest BCUT2D eigenvalue weighted by atomic mass is 10.1.